The highest BCUT2D eigenvalue weighted by Gasteiger charge is 2.34. The lowest BCUT2D eigenvalue weighted by molar-refractivity contribution is -0.125. The Labute approximate surface area is 167 Å². The number of aliphatic hydroxyl groups is 1. The molecule has 4 rings (SSSR count). The first-order valence-electron chi connectivity index (χ1n) is 9.13. The Kier molecular flexibility index (Phi) is 5.01. The molecule has 2 aliphatic heterocycles. The van der Waals surface area contributed by atoms with Crippen molar-refractivity contribution in [2.75, 3.05) is 36.5 Å². The minimum Gasteiger partial charge on any atom is -0.509 e. The van der Waals surface area contributed by atoms with Crippen molar-refractivity contribution in [3.05, 3.63) is 71.6 Å². The Hall–Kier alpha value is -3.65. The summed E-state index contributed by atoms with van der Waals surface area (Å²) in [6, 6.07) is 13.7. The van der Waals surface area contributed by atoms with Gasteiger partial charge in [0.15, 0.2) is 0 Å². The SMILES string of the molecule is O=C1c2ccccc2C(=O)N1/C=C(\O)CNc1ccc(N2CCOCC2=O)cc1. The molecule has 0 saturated carbocycles. The zero-order valence-electron chi connectivity index (χ0n) is 15.5. The largest absolute Gasteiger partial charge is 0.509 e. The molecule has 0 aromatic heterocycles. The first-order chi connectivity index (χ1) is 14.0. The van der Waals surface area contributed by atoms with Crippen LogP contribution in [0.1, 0.15) is 20.7 Å². The lowest BCUT2D eigenvalue weighted by Gasteiger charge is -2.27. The van der Waals surface area contributed by atoms with Crippen LogP contribution in [0, 0.1) is 0 Å². The van der Waals surface area contributed by atoms with Gasteiger partial charge in [0.1, 0.15) is 12.4 Å². The Morgan fingerprint density at radius 3 is 2.31 bits per heavy atom. The maximum atomic E-state index is 12.3. The van der Waals surface area contributed by atoms with Crippen molar-refractivity contribution in [3.63, 3.8) is 0 Å². The second-order valence-corrected chi connectivity index (χ2v) is 6.64. The van der Waals surface area contributed by atoms with Gasteiger partial charge in [0, 0.05) is 17.9 Å². The summed E-state index contributed by atoms with van der Waals surface area (Å²) in [5, 5.41) is 13.2. The minimum atomic E-state index is -0.461. The third-order valence-corrected chi connectivity index (χ3v) is 4.74. The third-order valence-electron chi connectivity index (χ3n) is 4.74. The van der Waals surface area contributed by atoms with Crippen molar-refractivity contribution in [1.29, 1.82) is 0 Å². The van der Waals surface area contributed by atoms with Gasteiger partial charge in [-0.3, -0.25) is 14.4 Å². The van der Waals surface area contributed by atoms with Crippen LogP contribution in [-0.2, 0) is 9.53 Å². The number of ether oxygens (including phenoxy) is 1. The van der Waals surface area contributed by atoms with Crippen LogP contribution in [0.15, 0.2) is 60.5 Å². The van der Waals surface area contributed by atoms with Crippen LogP contribution >= 0.6 is 0 Å². The molecule has 3 amide bonds. The monoisotopic (exact) mass is 393 g/mol. The number of amides is 3. The van der Waals surface area contributed by atoms with E-state index in [-0.39, 0.29) is 24.8 Å². The summed E-state index contributed by atoms with van der Waals surface area (Å²) in [6.07, 6.45) is 1.14. The van der Waals surface area contributed by atoms with Gasteiger partial charge in [0.25, 0.3) is 17.7 Å². The van der Waals surface area contributed by atoms with Crippen LogP contribution in [0.3, 0.4) is 0 Å². The third kappa shape index (κ3) is 3.70. The van der Waals surface area contributed by atoms with Gasteiger partial charge in [-0.2, -0.15) is 0 Å². The molecule has 29 heavy (non-hydrogen) atoms. The number of hydrogen-bond donors (Lipinski definition) is 2. The van der Waals surface area contributed by atoms with E-state index >= 15 is 0 Å². The molecule has 8 heteroatoms. The fourth-order valence-electron chi connectivity index (χ4n) is 3.26. The van der Waals surface area contributed by atoms with Gasteiger partial charge < -0.3 is 20.1 Å². The van der Waals surface area contributed by atoms with E-state index in [0.717, 1.165) is 22.5 Å². The molecule has 2 aromatic carbocycles. The van der Waals surface area contributed by atoms with Crippen molar-refractivity contribution >= 4 is 29.1 Å². The summed E-state index contributed by atoms with van der Waals surface area (Å²) in [5.74, 6) is -1.17. The summed E-state index contributed by atoms with van der Waals surface area (Å²) in [6.45, 7) is 1.12. The smallest absolute Gasteiger partial charge is 0.265 e. The normalized spacial score (nSPS) is 17.0. The van der Waals surface area contributed by atoms with Crippen LogP contribution in [0.2, 0.25) is 0 Å². The quantitative estimate of drug-likeness (QED) is 0.597. The molecule has 2 aromatic rings. The molecule has 0 radical (unpaired) electrons. The maximum Gasteiger partial charge on any atom is 0.265 e. The van der Waals surface area contributed by atoms with Gasteiger partial charge in [-0.05, 0) is 36.4 Å². The second-order valence-electron chi connectivity index (χ2n) is 6.64. The first-order valence-corrected chi connectivity index (χ1v) is 9.13. The van der Waals surface area contributed by atoms with Crippen LogP contribution in [0.4, 0.5) is 11.4 Å². The highest BCUT2D eigenvalue weighted by molar-refractivity contribution is 6.22. The number of hydrogen-bond acceptors (Lipinski definition) is 6. The summed E-state index contributed by atoms with van der Waals surface area (Å²) >= 11 is 0. The van der Waals surface area contributed by atoms with Gasteiger partial charge in [-0.1, -0.05) is 12.1 Å². The maximum absolute atomic E-state index is 12.3. The zero-order chi connectivity index (χ0) is 20.4. The zero-order valence-corrected chi connectivity index (χ0v) is 15.5. The van der Waals surface area contributed by atoms with E-state index < -0.39 is 11.8 Å². The average molecular weight is 393 g/mol. The van der Waals surface area contributed by atoms with Crippen molar-refractivity contribution in [1.82, 2.24) is 4.90 Å². The van der Waals surface area contributed by atoms with Gasteiger partial charge >= 0.3 is 0 Å². The molecule has 1 saturated heterocycles. The Morgan fingerprint density at radius 1 is 1.03 bits per heavy atom. The summed E-state index contributed by atoms with van der Waals surface area (Å²) in [5.41, 5.74) is 2.14. The molecule has 0 spiro atoms. The van der Waals surface area contributed by atoms with Crippen LogP contribution in [0.25, 0.3) is 0 Å². The van der Waals surface area contributed by atoms with E-state index in [1.807, 2.05) is 0 Å². The molecule has 0 atom stereocenters. The van der Waals surface area contributed by atoms with E-state index in [2.05, 4.69) is 5.32 Å². The second kappa shape index (κ2) is 7.76. The number of rotatable bonds is 5. The molecular weight excluding hydrogens is 374 g/mol. The molecule has 2 N–H and O–H groups in total. The van der Waals surface area contributed by atoms with Crippen molar-refractivity contribution in [2.45, 2.75) is 0 Å². The number of anilines is 2. The standard InChI is InChI=1S/C21H19N3O5/c25-16(12-24-20(27)17-3-1-2-4-18(17)21(24)28)11-22-14-5-7-15(8-6-14)23-9-10-29-13-19(23)26/h1-8,12,22,25H,9-11,13H2/b16-12-. The van der Waals surface area contributed by atoms with Crippen molar-refractivity contribution in [3.8, 4) is 0 Å². The van der Waals surface area contributed by atoms with Gasteiger partial charge in [-0.15, -0.1) is 0 Å². The van der Waals surface area contributed by atoms with Crippen molar-refractivity contribution in [2.24, 2.45) is 0 Å². The molecule has 0 unspecified atom stereocenters. The Bertz CT molecular complexity index is 965. The van der Waals surface area contributed by atoms with Gasteiger partial charge in [-0.25, -0.2) is 4.90 Å². The number of nitrogens with one attached hydrogen (secondary N) is 1. The fraction of sp³-hybridized carbons (Fsp3) is 0.190. The molecule has 2 aliphatic rings. The summed E-state index contributed by atoms with van der Waals surface area (Å²) in [7, 11) is 0. The van der Waals surface area contributed by atoms with Crippen molar-refractivity contribution < 1.29 is 24.2 Å². The minimum absolute atomic E-state index is 0.0310. The summed E-state index contributed by atoms with van der Waals surface area (Å²) in [4.78, 5) is 39.1. The number of nitrogens with zero attached hydrogens (tertiary/aromatic N) is 2. The number of benzene rings is 2. The number of morpholine rings is 1. The predicted molar refractivity (Wildman–Crippen MR) is 106 cm³/mol. The topological polar surface area (TPSA) is 99.2 Å². The lowest BCUT2D eigenvalue weighted by Crippen LogP contribution is -2.41. The number of carbonyl (C=O) groups excluding carboxylic acids is 3. The molecule has 1 fully saturated rings. The highest BCUT2D eigenvalue weighted by atomic mass is 16.5. The van der Waals surface area contributed by atoms with E-state index in [4.69, 9.17) is 4.74 Å². The van der Waals surface area contributed by atoms with Gasteiger partial charge in [0.2, 0.25) is 0 Å². The number of carbonyl (C=O) groups is 3. The van der Waals surface area contributed by atoms with Crippen LogP contribution < -0.4 is 10.2 Å². The van der Waals surface area contributed by atoms with Gasteiger partial charge in [0.05, 0.1) is 30.5 Å². The molecule has 8 nitrogen and oxygen atoms in total. The lowest BCUT2D eigenvalue weighted by atomic mass is 10.1. The highest BCUT2D eigenvalue weighted by Crippen LogP contribution is 2.23. The average Bonchev–Trinajstić information content (AvgIpc) is 2.98. The molecule has 2 heterocycles. The van der Waals surface area contributed by atoms with E-state index in [0.29, 0.717) is 24.3 Å². The fourth-order valence-corrected chi connectivity index (χ4v) is 3.26. The molecule has 0 aliphatic carbocycles. The number of imide groups is 1. The van der Waals surface area contributed by atoms with Crippen LogP contribution in [-0.4, -0.2) is 54.0 Å². The molecule has 0 bridgehead atoms. The Balaban J connectivity index is 1.38. The number of fused-ring (bicyclic) bond motifs is 1. The Morgan fingerprint density at radius 2 is 1.69 bits per heavy atom. The van der Waals surface area contributed by atoms with Crippen LogP contribution in [0.5, 0.6) is 0 Å². The predicted octanol–water partition coefficient (Wildman–Crippen LogP) is 2.16. The van der Waals surface area contributed by atoms with E-state index in [9.17, 15) is 19.5 Å². The molecular formula is C21H19N3O5. The van der Waals surface area contributed by atoms with E-state index in [1.54, 1.807) is 53.4 Å². The summed E-state index contributed by atoms with van der Waals surface area (Å²) < 4.78 is 5.12. The molecule has 148 valence electrons. The number of aliphatic hydroxyl groups excluding tert-OH is 1. The van der Waals surface area contributed by atoms with E-state index in [1.165, 1.54) is 0 Å². The first kappa shape index (κ1) is 18.7.